The van der Waals surface area contributed by atoms with E-state index < -0.39 is 0 Å². The molecule has 2 rings (SSSR count). The van der Waals surface area contributed by atoms with E-state index in [0.717, 1.165) is 5.69 Å². The van der Waals surface area contributed by atoms with Crippen LogP contribution in [0.4, 0.5) is 11.5 Å². The van der Waals surface area contributed by atoms with Crippen LogP contribution >= 0.6 is 0 Å². The first-order valence-corrected chi connectivity index (χ1v) is 5.87. The van der Waals surface area contributed by atoms with Crippen molar-refractivity contribution in [3.8, 4) is 6.07 Å². The largest absolute Gasteiger partial charge is 0.383 e. The summed E-state index contributed by atoms with van der Waals surface area (Å²) in [5.74, 6) is 0.672. The van der Waals surface area contributed by atoms with Crippen molar-refractivity contribution in [2.45, 2.75) is 13.5 Å². The van der Waals surface area contributed by atoms with E-state index in [1.54, 1.807) is 29.7 Å². The van der Waals surface area contributed by atoms with E-state index in [1.807, 2.05) is 13.1 Å². The highest BCUT2D eigenvalue weighted by Crippen LogP contribution is 2.21. The van der Waals surface area contributed by atoms with Gasteiger partial charge in [0.25, 0.3) is 0 Å². The SMILES string of the molecule is COCCn1cc(Nc2c(C#N)c(C)nn2C)cn1. The minimum atomic E-state index is 0.548. The number of aromatic nitrogens is 4. The molecule has 2 aromatic rings. The van der Waals surface area contributed by atoms with E-state index in [9.17, 15) is 0 Å². The maximum Gasteiger partial charge on any atom is 0.146 e. The standard InChI is InChI=1S/C12H16N6O/c1-9-11(6-13)12(17(2)16-9)15-10-7-14-18(8-10)4-5-19-3/h7-8,15H,4-5H2,1-3H3. The van der Waals surface area contributed by atoms with Crippen molar-refractivity contribution in [2.24, 2.45) is 7.05 Å². The van der Waals surface area contributed by atoms with E-state index in [0.29, 0.717) is 30.2 Å². The lowest BCUT2D eigenvalue weighted by Crippen LogP contribution is -2.04. The number of anilines is 2. The molecule has 0 spiro atoms. The number of nitrogens with one attached hydrogen (secondary N) is 1. The van der Waals surface area contributed by atoms with Gasteiger partial charge in [-0.25, -0.2) is 0 Å². The fourth-order valence-electron chi connectivity index (χ4n) is 1.81. The molecule has 0 aromatic carbocycles. The predicted molar refractivity (Wildman–Crippen MR) is 70.0 cm³/mol. The summed E-state index contributed by atoms with van der Waals surface area (Å²) in [6.07, 6.45) is 3.57. The number of rotatable bonds is 5. The quantitative estimate of drug-likeness (QED) is 0.873. The molecule has 7 nitrogen and oxygen atoms in total. The third-order valence-corrected chi connectivity index (χ3v) is 2.75. The van der Waals surface area contributed by atoms with Crippen LogP contribution in [0.3, 0.4) is 0 Å². The molecule has 0 saturated carbocycles. The molecule has 19 heavy (non-hydrogen) atoms. The van der Waals surface area contributed by atoms with Gasteiger partial charge in [0.2, 0.25) is 0 Å². The molecule has 7 heteroatoms. The fraction of sp³-hybridized carbons (Fsp3) is 0.417. The molecule has 1 N–H and O–H groups in total. The van der Waals surface area contributed by atoms with Gasteiger partial charge >= 0.3 is 0 Å². The van der Waals surface area contributed by atoms with Crippen molar-refractivity contribution in [1.29, 1.82) is 5.26 Å². The molecule has 0 atom stereocenters. The smallest absolute Gasteiger partial charge is 0.146 e. The van der Waals surface area contributed by atoms with Gasteiger partial charge in [-0.2, -0.15) is 15.5 Å². The van der Waals surface area contributed by atoms with E-state index in [2.05, 4.69) is 21.6 Å². The van der Waals surface area contributed by atoms with Gasteiger partial charge in [0.15, 0.2) is 0 Å². The second kappa shape index (κ2) is 5.54. The topological polar surface area (TPSA) is 80.7 Å². The minimum Gasteiger partial charge on any atom is -0.383 e. The van der Waals surface area contributed by atoms with Crippen LogP contribution in [0.15, 0.2) is 12.4 Å². The molecule has 0 bridgehead atoms. The lowest BCUT2D eigenvalue weighted by atomic mass is 10.2. The number of hydrogen-bond donors (Lipinski definition) is 1. The maximum absolute atomic E-state index is 9.13. The van der Waals surface area contributed by atoms with Crippen molar-refractivity contribution in [3.63, 3.8) is 0 Å². The maximum atomic E-state index is 9.13. The number of ether oxygens (including phenoxy) is 1. The number of hydrogen-bond acceptors (Lipinski definition) is 5. The fourth-order valence-corrected chi connectivity index (χ4v) is 1.81. The molecule has 2 heterocycles. The average molecular weight is 260 g/mol. The molecule has 0 aliphatic rings. The Morgan fingerprint density at radius 1 is 1.53 bits per heavy atom. The van der Waals surface area contributed by atoms with E-state index in [-0.39, 0.29) is 0 Å². The molecule has 0 aliphatic carbocycles. The molecule has 100 valence electrons. The zero-order chi connectivity index (χ0) is 13.8. The van der Waals surface area contributed by atoms with Crippen LogP contribution in [-0.4, -0.2) is 33.3 Å². The predicted octanol–water partition coefficient (Wildman–Crippen LogP) is 1.19. The highest BCUT2D eigenvalue weighted by atomic mass is 16.5. The van der Waals surface area contributed by atoms with Gasteiger partial charge in [-0.1, -0.05) is 0 Å². The van der Waals surface area contributed by atoms with Gasteiger partial charge < -0.3 is 10.1 Å². The summed E-state index contributed by atoms with van der Waals surface area (Å²) in [7, 11) is 3.45. The van der Waals surface area contributed by atoms with Gasteiger partial charge in [-0.05, 0) is 6.92 Å². The first-order chi connectivity index (χ1) is 9.15. The Labute approximate surface area is 111 Å². The van der Waals surface area contributed by atoms with Crippen LogP contribution in [0.25, 0.3) is 0 Å². The summed E-state index contributed by atoms with van der Waals surface area (Å²) in [5, 5.41) is 20.7. The van der Waals surface area contributed by atoms with Crippen LogP contribution in [0.5, 0.6) is 0 Å². The summed E-state index contributed by atoms with van der Waals surface area (Å²) in [6.45, 7) is 3.11. The van der Waals surface area contributed by atoms with Crippen LogP contribution in [0.2, 0.25) is 0 Å². The van der Waals surface area contributed by atoms with E-state index >= 15 is 0 Å². The average Bonchev–Trinajstić information content (AvgIpc) is 2.93. The second-order valence-electron chi connectivity index (χ2n) is 4.15. The van der Waals surface area contributed by atoms with E-state index in [4.69, 9.17) is 10.00 Å². The first-order valence-electron chi connectivity index (χ1n) is 5.87. The zero-order valence-corrected chi connectivity index (χ0v) is 11.2. The van der Waals surface area contributed by atoms with Crippen LogP contribution in [0.1, 0.15) is 11.3 Å². The summed E-state index contributed by atoms with van der Waals surface area (Å²) in [5.41, 5.74) is 2.07. The highest BCUT2D eigenvalue weighted by Gasteiger charge is 2.13. The number of nitriles is 1. The number of nitrogens with zero attached hydrogens (tertiary/aromatic N) is 5. The molecule has 0 radical (unpaired) electrons. The third kappa shape index (κ3) is 2.74. The van der Waals surface area contributed by atoms with Crippen molar-refractivity contribution in [3.05, 3.63) is 23.7 Å². The molecule has 0 fully saturated rings. The van der Waals surface area contributed by atoms with Crippen LogP contribution in [-0.2, 0) is 18.3 Å². The van der Waals surface area contributed by atoms with Gasteiger partial charge in [-0.15, -0.1) is 0 Å². The van der Waals surface area contributed by atoms with Crippen molar-refractivity contribution < 1.29 is 4.74 Å². The molecule has 2 aromatic heterocycles. The Balaban J connectivity index is 2.17. The van der Waals surface area contributed by atoms with Gasteiger partial charge in [0, 0.05) is 20.4 Å². The van der Waals surface area contributed by atoms with Crippen molar-refractivity contribution in [2.75, 3.05) is 19.0 Å². The Bertz CT molecular complexity index is 606. The Hall–Kier alpha value is -2.33. The molecular weight excluding hydrogens is 244 g/mol. The monoisotopic (exact) mass is 260 g/mol. The highest BCUT2D eigenvalue weighted by molar-refractivity contribution is 5.63. The van der Waals surface area contributed by atoms with Gasteiger partial charge in [0.05, 0.1) is 30.7 Å². The van der Waals surface area contributed by atoms with Crippen molar-refractivity contribution >= 4 is 11.5 Å². The lowest BCUT2D eigenvalue weighted by Gasteiger charge is -2.04. The summed E-state index contributed by atoms with van der Waals surface area (Å²) < 4.78 is 8.43. The molecule has 0 saturated heterocycles. The number of methoxy groups -OCH3 is 1. The molecule has 0 aliphatic heterocycles. The minimum absolute atomic E-state index is 0.548. The number of aryl methyl sites for hydroxylation is 2. The second-order valence-corrected chi connectivity index (χ2v) is 4.15. The van der Waals surface area contributed by atoms with Crippen molar-refractivity contribution in [1.82, 2.24) is 19.6 Å². The molecular formula is C12H16N6O. The molecule has 0 unspecified atom stereocenters. The van der Waals surface area contributed by atoms with Crippen LogP contribution < -0.4 is 5.32 Å². The summed E-state index contributed by atoms with van der Waals surface area (Å²) >= 11 is 0. The normalized spacial score (nSPS) is 10.4. The lowest BCUT2D eigenvalue weighted by molar-refractivity contribution is 0.183. The Kier molecular flexibility index (Phi) is 3.82. The molecule has 0 amide bonds. The van der Waals surface area contributed by atoms with Crippen LogP contribution in [0, 0.1) is 18.3 Å². The third-order valence-electron chi connectivity index (χ3n) is 2.75. The summed E-state index contributed by atoms with van der Waals surface area (Å²) in [6, 6.07) is 2.15. The Morgan fingerprint density at radius 3 is 3.00 bits per heavy atom. The zero-order valence-electron chi connectivity index (χ0n) is 11.2. The van der Waals surface area contributed by atoms with Gasteiger partial charge in [0.1, 0.15) is 17.5 Å². The van der Waals surface area contributed by atoms with Gasteiger partial charge in [-0.3, -0.25) is 9.36 Å². The van der Waals surface area contributed by atoms with E-state index in [1.165, 1.54) is 0 Å². The first kappa shape index (κ1) is 13.1. The summed E-state index contributed by atoms with van der Waals surface area (Å²) in [4.78, 5) is 0. The Morgan fingerprint density at radius 2 is 2.32 bits per heavy atom.